The molecule has 88 valence electrons. The number of piperazine rings is 1. The van der Waals surface area contributed by atoms with Gasteiger partial charge in [-0.1, -0.05) is 0 Å². The van der Waals surface area contributed by atoms with Gasteiger partial charge in [0.25, 0.3) is 0 Å². The molecular formula is C12H25N3. The zero-order valence-corrected chi connectivity index (χ0v) is 10.4. The summed E-state index contributed by atoms with van der Waals surface area (Å²) in [6.07, 6.45) is 2.82. The SMILES string of the molecule is CNCC(C)(C)N1CCN2CCCC2C1. The van der Waals surface area contributed by atoms with Crippen molar-refractivity contribution < 1.29 is 0 Å². The van der Waals surface area contributed by atoms with Gasteiger partial charge in [-0.25, -0.2) is 0 Å². The summed E-state index contributed by atoms with van der Waals surface area (Å²) in [5.41, 5.74) is 0.309. The van der Waals surface area contributed by atoms with Gasteiger partial charge in [0.2, 0.25) is 0 Å². The van der Waals surface area contributed by atoms with Crippen molar-refractivity contribution in [2.24, 2.45) is 0 Å². The van der Waals surface area contributed by atoms with Crippen LogP contribution in [0.2, 0.25) is 0 Å². The van der Waals surface area contributed by atoms with Crippen LogP contribution in [0.1, 0.15) is 26.7 Å². The first-order valence-electron chi connectivity index (χ1n) is 6.27. The van der Waals surface area contributed by atoms with E-state index in [0.29, 0.717) is 5.54 Å². The fraction of sp³-hybridized carbons (Fsp3) is 1.00. The molecule has 0 aromatic rings. The molecular weight excluding hydrogens is 186 g/mol. The molecule has 15 heavy (non-hydrogen) atoms. The summed E-state index contributed by atoms with van der Waals surface area (Å²) in [6.45, 7) is 10.9. The number of likely N-dealkylation sites (N-methyl/N-ethyl adjacent to an activating group) is 1. The van der Waals surface area contributed by atoms with Gasteiger partial charge >= 0.3 is 0 Å². The Kier molecular flexibility index (Phi) is 3.33. The molecule has 0 spiro atoms. The largest absolute Gasteiger partial charge is 0.318 e. The molecule has 3 heteroatoms. The van der Waals surface area contributed by atoms with Gasteiger partial charge in [-0.3, -0.25) is 9.80 Å². The molecule has 2 heterocycles. The molecule has 1 atom stereocenters. The average molecular weight is 211 g/mol. The monoisotopic (exact) mass is 211 g/mol. The molecule has 2 fully saturated rings. The van der Waals surface area contributed by atoms with E-state index in [9.17, 15) is 0 Å². The molecule has 0 saturated carbocycles. The maximum Gasteiger partial charge on any atom is 0.0278 e. The van der Waals surface area contributed by atoms with Gasteiger partial charge in [-0.05, 0) is 40.3 Å². The van der Waals surface area contributed by atoms with Gasteiger partial charge in [0.15, 0.2) is 0 Å². The summed E-state index contributed by atoms with van der Waals surface area (Å²) in [5.74, 6) is 0. The number of nitrogens with zero attached hydrogens (tertiary/aromatic N) is 2. The Labute approximate surface area is 93.8 Å². The van der Waals surface area contributed by atoms with Gasteiger partial charge in [0.1, 0.15) is 0 Å². The fourth-order valence-electron chi connectivity index (χ4n) is 3.09. The molecule has 2 saturated heterocycles. The summed E-state index contributed by atoms with van der Waals surface area (Å²) in [7, 11) is 2.05. The minimum atomic E-state index is 0.309. The molecule has 1 unspecified atom stereocenters. The minimum Gasteiger partial charge on any atom is -0.318 e. The van der Waals surface area contributed by atoms with E-state index in [1.54, 1.807) is 0 Å². The third-order valence-corrected chi connectivity index (χ3v) is 4.05. The molecule has 2 aliphatic heterocycles. The van der Waals surface area contributed by atoms with Crippen molar-refractivity contribution in [3.8, 4) is 0 Å². The third-order valence-electron chi connectivity index (χ3n) is 4.05. The second kappa shape index (κ2) is 4.40. The van der Waals surface area contributed by atoms with E-state index in [-0.39, 0.29) is 0 Å². The van der Waals surface area contributed by atoms with Crippen LogP contribution in [0.3, 0.4) is 0 Å². The predicted octanol–water partition coefficient (Wildman–Crippen LogP) is 0.764. The van der Waals surface area contributed by atoms with Gasteiger partial charge in [-0.2, -0.15) is 0 Å². The number of fused-ring (bicyclic) bond motifs is 1. The summed E-state index contributed by atoms with van der Waals surface area (Å²) >= 11 is 0. The maximum atomic E-state index is 3.31. The molecule has 2 aliphatic rings. The molecule has 0 aliphatic carbocycles. The quantitative estimate of drug-likeness (QED) is 0.744. The number of hydrogen-bond donors (Lipinski definition) is 1. The third kappa shape index (κ3) is 2.35. The Bertz CT molecular complexity index is 215. The zero-order chi connectivity index (χ0) is 10.9. The van der Waals surface area contributed by atoms with Gasteiger partial charge < -0.3 is 5.32 Å². The second-order valence-corrected chi connectivity index (χ2v) is 5.62. The van der Waals surface area contributed by atoms with Crippen LogP contribution in [0.5, 0.6) is 0 Å². The van der Waals surface area contributed by atoms with Crippen LogP contribution < -0.4 is 5.32 Å². The Morgan fingerprint density at radius 1 is 1.27 bits per heavy atom. The standard InChI is InChI=1S/C12H25N3/c1-12(2,10-13-3)15-8-7-14-6-4-5-11(14)9-15/h11,13H,4-10H2,1-3H3. The van der Waals surface area contributed by atoms with Gasteiger partial charge in [-0.15, -0.1) is 0 Å². The highest BCUT2D eigenvalue weighted by atomic mass is 15.3. The Balaban J connectivity index is 1.94. The highest BCUT2D eigenvalue weighted by molar-refractivity contribution is 4.93. The lowest BCUT2D eigenvalue weighted by Crippen LogP contribution is -2.59. The smallest absolute Gasteiger partial charge is 0.0278 e. The lowest BCUT2D eigenvalue weighted by molar-refractivity contribution is 0.0333. The Hall–Kier alpha value is -0.120. The zero-order valence-electron chi connectivity index (χ0n) is 10.4. The molecule has 0 radical (unpaired) electrons. The van der Waals surface area contributed by atoms with Crippen molar-refractivity contribution in [2.45, 2.75) is 38.3 Å². The first kappa shape index (κ1) is 11.4. The van der Waals surface area contributed by atoms with Crippen molar-refractivity contribution in [2.75, 3.05) is 39.8 Å². The van der Waals surface area contributed by atoms with Crippen molar-refractivity contribution in [3.05, 3.63) is 0 Å². The Morgan fingerprint density at radius 3 is 2.80 bits per heavy atom. The second-order valence-electron chi connectivity index (χ2n) is 5.62. The van der Waals surface area contributed by atoms with E-state index in [4.69, 9.17) is 0 Å². The molecule has 1 N–H and O–H groups in total. The molecule has 0 bridgehead atoms. The summed E-state index contributed by atoms with van der Waals surface area (Å²) < 4.78 is 0. The molecule has 0 aromatic heterocycles. The summed E-state index contributed by atoms with van der Waals surface area (Å²) in [4.78, 5) is 5.34. The van der Waals surface area contributed by atoms with Crippen molar-refractivity contribution in [1.82, 2.24) is 15.1 Å². The molecule has 0 aromatic carbocycles. The van der Waals surface area contributed by atoms with Crippen LogP contribution in [-0.4, -0.2) is 61.2 Å². The summed E-state index contributed by atoms with van der Waals surface area (Å²) in [5, 5.41) is 3.31. The van der Waals surface area contributed by atoms with Crippen molar-refractivity contribution in [3.63, 3.8) is 0 Å². The van der Waals surface area contributed by atoms with Crippen molar-refractivity contribution >= 4 is 0 Å². The van der Waals surface area contributed by atoms with Crippen LogP contribution in [-0.2, 0) is 0 Å². The topological polar surface area (TPSA) is 18.5 Å². The highest BCUT2D eigenvalue weighted by Gasteiger charge is 2.36. The molecule has 3 nitrogen and oxygen atoms in total. The number of nitrogens with one attached hydrogen (secondary N) is 1. The fourth-order valence-corrected chi connectivity index (χ4v) is 3.09. The van der Waals surface area contributed by atoms with E-state index in [0.717, 1.165) is 12.6 Å². The average Bonchev–Trinajstić information content (AvgIpc) is 2.63. The first-order chi connectivity index (χ1) is 7.13. The van der Waals surface area contributed by atoms with E-state index in [2.05, 4.69) is 29.0 Å². The van der Waals surface area contributed by atoms with Crippen molar-refractivity contribution in [1.29, 1.82) is 0 Å². The van der Waals surface area contributed by atoms with E-state index in [1.165, 1.54) is 39.0 Å². The van der Waals surface area contributed by atoms with Crippen LogP contribution in [0.15, 0.2) is 0 Å². The van der Waals surface area contributed by atoms with Gasteiger partial charge in [0, 0.05) is 37.8 Å². The first-order valence-corrected chi connectivity index (χ1v) is 6.27. The normalized spacial score (nSPS) is 29.4. The van der Waals surface area contributed by atoms with Crippen LogP contribution >= 0.6 is 0 Å². The van der Waals surface area contributed by atoms with Gasteiger partial charge in [0.05, 0.1) is 0 Å². The van der Waals surface area contributed by atoms with E-state index in [1.807, 2.05) is 7.05 Å². The minimum absolute atomic E-state index is 0.309. The van der Waals surface area contributed by atoms with Crippen LogP contribution in [0, 0.1) is 0 Å². The number of hydrogen-bond acceptors (Lipinski definition) is 3. The van der Waals surface area contributed by atoms with Crippen LogP contribution in [0.25, 0.3) is 0 Å². The highest BCUT2D eigenvalue weighted by Crippen LogP contribution is 2.25. The summed E-state index contributed by atoms with van der Waals surface area (Å²) in [6, 6.07) is 0.842. The molecule has 2 rings (SSSR count). The lowest BCUT2D eigenvalue weighted by atomic mass is 9.99. The Morgan fingerprint density at radius 2 is 2.07 bits per heavy atom. The molecule has 0 amide bonds. The van der Waals surface area contributed by atoms with E-state index >= 15 is 0 Å². The van der Waals surface area contributed by atoms with Crippen LogP contribution in [0.4, 0.5) is 0 Å². The lowest BCUT2D eigenvalue weighted by Gasteiger charge is -2.46. The number of rotatable bonds is 3. The predicted molar refractivity (Wildman–Crippen MR) is 64.2 cm³/mol. The van der Waals surface area contributed by atoms with E-state index < -0.39 is 0 Å². The maximum absolute atomic E-state index is 3.31.